The van der Waals surface area contributed by atoms with Crippen LogP contribution in [0.4, 0.5) is 0 Å². The molecule has 2 aromatic rings. The highest BCUT2D eigenvalue weighted by atomic mass is 16.3. The lowest BCUT2D eigenvalue weighted by Crippen LogP contribution is -2.36. The number of aliphatic hydroxyl groups is 1. The Morgan fingerprint density at radius 1 is 1.33 bits per heavy atom. The van der Waals surface area contributed by atoms with Gasteiger partial charge in [-0.2, -0.15) is 0 Å². The molecule has 1 heterocycles. The third-order valence-corrected chi connectivity index (χ3v) is 3.64. The van der Waals surface area contributed by atoms with Crippen molar-refractivity contribution < 1.29 is 9.90 Å². The van der Waals surface area contributed by atoms with E-state index in [0.29, 0.717) is 17.9 Å². The van der Waals surface area contributed by atoms with Crippen LogP contribution in [0.3, 0.4) is 0 Å². The summed E-state index contributed by atoms with van der Waals surface area (Å²) < 4.78 is 2.13. The number of nitrogens with zero attached hydrogens (tertiary/aromatic N) is 1. The highest BCUT2D eigenvalue weighted by Crippen LogP contribution is 2.22. The van der Waals surface area contributed by atoms with Gasteiger partial charge in [-0.1, -0.05) is 39.0 Å². The number of aromatic nitrogens is 1. The molecule has 0 bridgehead atoms. The zero-order chi connectivity index (χ0) is 15.4. The van der Waals surface area contributed by atoms with Gasteiger partial charge in [0.25, 0.3) is 5.91 Å². The Labute approximate surface area is 125 Å². The normalized spacial score (nSPS) is 12.8. The van der Waals surface area contributed by atoms with Gasteiger partial charge in [0.15, 0.2) is 0 Å². The summed E-state index contributed by atoms with van der Waals surface area (Å²) in [6, 6.07) is 7.76. The summed E-state index contributed by atoms with van der Waals surface area (Å²) >= 11 is 0. The van der Waals surface area contributed by atoms with Gasteiger partial charge >= 0.3 is 0 Å². The Morgan fingerprint density at radius 2 is 2.05 bits per heavy atom. The van der Waals surface area contributed by atoms with Crippen molar-refractivity contribution in [3.05, 3.63) is 36.0 Å². The van der Waals surface area contributed by atoms with E-state index < -0.39 is 0 Å². The van der Waals surface area contributed by atoms with Crippen LogP contribution in [0.2, 0.25) is 0 Å². The number of fused-ring (bicyclic) bond motifs is 1. The van der Waals surface area contributed by atoms with Crippen molar-refractivity contribution in [3.8, 4) is 0 Å². The number of carbonyl (C=O) groups excluding carboxylic acids is 1. The Balaban J connectivity index is 2.37. The molecule has 0 saturated heterocycles. The lowest BCUT2D eigenvalue weighted by Gasteiger charge is -2.13. The maximum atomic E-state index is 12.5. The van der Waals surface area contributed by atoms with Gasteiger partial charge in [0, 0.05) is 23.6 Å². The van der Waals surface area contributed by atoms with Gasteiger partial charge in [0.05, 0.1) is 18.2 Å². The van der Waals surface area contributed by atoms with Crippen LogP contribution >= 0.6 is 0 Å². The van der Waals surface area contributed by atoms with Gasteiger partial charge in [-0.25, -0.2) is 0 Å². The monoisotopic (exact) mass is 288 g/mol. The number of benzene rings is 1. The highest BCUT2D eigenvalue weighted by Gasteiger charge is 2.17. The van der Waals surface area contributed by atoms with E-state index in [-0.39, 0.29) is 18.6 Å². The Hall–Kier alpha value is -1.81. The van der Waals surface area contributed by atoms with Crippen molar-refractivity contribution in [2.45, 2.75) is 39.8 Å². The third kappa shape index (κ3) is 3.45. The van der Waals surface area contributed by atoms with Crippen LogP contribution in [-0.4, -0.2) is 28.2 Å². The fraction of sp³-hybridized carbons (Fsp3) is 0.471. The first-order chi connectivity index (χ1) is 10.1. The van der Waals surface area contributed by atoms with Crippen molar-refractivity contribution in [2.75, 3.05) is 6.61 Å². The van der Waals surface area contributed by atoms with E-state index in [0.717, 1.165) is 17.4 Å². The molecule has 0 aliphatic carbocycles. The molecule has 1 atom stereocenters. The van der Waals surface area contributed by atoms with Gasteiger partial charge in [0.1, 0.15) is 0 Å². The Morgan fingerprint density at radius 3 is 2.67 bits per heavy atom. The van der Waals surface area contributed by atoms with E-state index in [2.05, 4.69) is 23.7 Å². The average Bonchev–Trinajstić information content (AvgIpc) is 2.83. The van der Waals surface area contributed by atoms with Crippen LogP contribution in [0.25, 0.3) is 10.9 Å². The number of amides is 1. The number of aliphatic hydroxyl groups excluding tert-OH is 1. The van der Waals surface area contributed by atoms with Gasteiger partial charge in [0.2, 0.25) is 0 Å². The molecule has 1 aromatic heterocycles. The first-order valence-corrected chi connectivity index (χ1v) is 7.56. The average molecular weight is 288 g/mol. The Kier molecular flexibility index (Phi) is 5.02. The van der Waals surface area contributed by atoms with Crippen molar-refractivity contribution in [1.82, 2.24) is 9.88 Å². The second-order valence-electron chi connectivity index (χ2n) is 5.87. The smallest absolute Gasteiger partial charge is 0.253 e. The molecule has 4 heteroatoms. The fourth-order valence-electron chi connectivity index (χ4n) is 2.51. The summed E-state index contributed by atoms with van der Waals surface area (Å²) in [6.45, 7) is 7.11. The van der Waals surface area contributed by atoms with Gasteiger partial charge in [-0.15, -0.1) is 0 Å². The summed E-state index contributed by atoms with van der Waals surface area (Å²) in [6.07, 6.45) is 2.64. The molecule has 114 valence electrons. The predicted molar refractivity (Wildman–Crippen MR) is 85.4 cm³/mol. The quantitative estimate of drug-likeness (QED) is 0.859. The number of carbonyl (C=O) groups is 1. The highest BCUT2D eigenvalue weighted by molar-refractivity contribution is 6.07. The van der Waals surface area contributed by atoms with Gasteiger partial charge < -0.3 is 15.0 Å². The lowest BCUT2D eigenvalue weighted by molar-refractivity contribution is 0.0916. The van der Waals surface area contributed by atoms with E-state index >= 15 is 0 Å². The van der Waals surface area contributed by atoms with E-state index in [4.69, 9.17) is 0 Å². The molecule has 1 aromatic carbocycles. The lowest BCUT2D eigenvalue weighted by atomic mass is 10.1. The number of hydrogen-bond acceptors (Lipinski definition) is 2. The molecule has 0 aliphatic heterocycles. The first kappa shape index (κ1) is 15.6. The molecule has 2 rings (SSSR count). The topological polar surface area (TPSA) is 54.3 Å². The number of nitrogens with one attached hydrogen (secondary N) is 1. The zero-order valence-electron chi connectivity index (χ0n) is 13.0. The minimum absolute atomic E-state index is 0.0348. The second-order valence-corrected chi connectivity index (χ2v) is 5.87. The van der Waals surface area contributed by atoms with Crippen LogP contribution in [0, 0.1) is 5.92 Å². The summed E-state index contributed by atoms with van der Waals surface area (Å²) in [7, 11) is 0. The van der Waals surface area contributed by atoms with Crippen molar-refractivity contribution in [1.29, 1.82) is 0 Å². The van der Waals surface area contributed by atoms with Gasteiger partial charge in [-0.05, 0) is 18.4 Å². The third-order valence-electron chi connectivity index (χ3n) is 3.64. The van der Waals surface area contributed by atoms with E-state index in [9.17, 15) is 9.90 Å². The Bertz CT molecular complexity index is 612. The SMILES string of the molecule is CCC(CO)NC(=O)c1cn(CC(C)C)c2ccccc12. The maximum Gasteiger partial charge on any atom is 0.253 e. The molecule has 21 heavy (non-hydrogen) atoms. The van der Waals surface area contributed by atoms with Crippen LogP contribution < -0.4 is 5.32 Å². The maximum absolute atomic E-state index is 12.5. The van der Waals surface area contributed by atoms with Crippen LogP contribution in [0.15, 0.2) is 30.5 Å². The van der Waals surface area contributed by atoms with E-state index in [1.807, 2.05) is 37.4 Å². The largest absolute Gasteiger partial charge is 0.394 e. The molecule has 0 aliphatic rings. The summed E-state index contributed by atoms with van der Waals surface area (Å²) in [5, 5.41) is 13.1. The van der Waals surface area contributed by atoms with Crippen LogP contribution in [0.1, 0.15) is 37.6 Å². The van der Waals surface area contributed by atoms with Crippen LogP contribution in [-0.2, 0) is 6.54 Å². The van der Waals surface area contributed by atoms with E-state index in [1.165, 1.54) is 0 Å². The minimum Gasteiger partial charge on any atom is -0.394 e. The van der Waals surface area contributed by atoms with Gasteiger partial charge in [-0.3, -0.25) is 4.79 Å². The summed E-state index contributed by atoms with van der Waals surface area (Å²) in [5.41, 5.74) is 1.76. The van der Waals surface area contributed by atoms with Crippen molar-refractivity contribution in [3.63, 3.8) is 0 Å². The molecule has 1 amide bonds. The number of rotatable bonds is 6. The molecule has 4 nitrogen and oxygen atoms in total. The molecule has 2 N–H and O–H groups in total. The number of para-hydroxylation sites is 1. The molecule has 0 spiro atoms. The standard InChI is InChI=1S/C17H24N2O2/c1-4-13(11-20)18-17(21)15-10-19(9-12(2)3)16-8-6-5-7-14(15)16/h5-8,10,12-13,20H,4,9,11H2,1-3H3,(H,18,21). The molecular weight excluding hydrogens is 264 g/mol. The number of hydrogen-bond donors (Lipinski definition) is 2. The summed E-state index contributed by atoms with van der Waals surface area (Å²) in [4.78, 5) is 12.5. The zero-order valence-corrected chi connectivity index (χ0v) is 13.0. The molecular formula is C17H24N2O2. The summed E-state index contributed by atoms with van der Waals surface area (Å²) in [5.74, 6) is 0.396. The molecule has 0 fully saturated rings. The molecule has 1 unspecified atom stereocenters. The van der Waals surface area contributed by atoms with E-state index in [1.54, 1.807) is 0 Å². The minimum atomic E-state index is -0.190. The molecule has 0 saturated carbocycles. The predicted octanol–water partition coefficient (Wildman–Crippen LogP) is 2.80. The fourth-order valence-corrected chi connectivity index (χ4v) is 2.51. The van der Waals surface area contributed by atoms with Crippen molar-refractivity contribution in [2.24, 2.45) is 5.92 Å². The van der Waals surface area contributed by atoms with Crippen molar-refractivity contribution >= 4 is 16.8 Å². The first-order valence-electron chi connectivity index (χ1n) is 7.56. The second kappa shape index (κ2) is 6.76. The molecule has 0 radical (unpaired) electrons. The van der Waals surface area contributed by atoms with Crippen LogP contribution in [0.5, 0.6) is 0 Å².